The molecular weight excluding hydrogens is 412 g/mol. The van der Waals surface area contributed by atoms with Crippen molar-refractivity contribution in [2.45, 2.75) is 4.90 Å². The van der Waals surface area contributed by atoms with Crippen molar-refractivity contribution in [2.24, 2.45) is 0 Å². The molecule has 2 rings (SSSR count). The van der Waals surface area contributed by atoms with Gasteiger partial charge in [-0.3, -0.25) is 4.72 Å². The van der Waals surface area contributed by atoms with Gasteiger partial charge in [-0.1, -0.05) is 0 Å². The number of aromatic carboxylic acids is 1. The van der Waals surface area contributed by atoms with Gasteiger partial charge in [-0.05, 0) is 65.1 Å². The first kappa shape index (κ1) is 15.7. The van der Waals surface area contributed by atoms with Crippen molar-refractivity contribution in [2.75, 3.05) is 4.72 Å². The molecular formula is C13H9FINO4S. The summed E-state index contributed by atoms with van der Waals surface area (Å²) in [5, 5.41) is 8.82. The maximum absolute atomic E-state index is 13.3. The number of benzene rings is 2. The molecule has 2 N–H and O–H groups in total. The van der Waals surface area contributed by atoms with Crippen LogP contribution in [0.3, 0.4) is 0 Å². The number of hydrogen-bond donors (Lipinski definition) is 2. The molecule has 0 saturated carbocycles. The van der Waals surface area contributed by atoms with Crippen molar-refractivity contribution >= 4 is 44.3 Å². The minimum Gasteiger partial charge on any atom is -0.478 e. The summed E-state index contributed by atoms with van der Waals surface area (Å²) in [6.45, 7) is 0. The third-order valence-electron chi connectivity index (χ3n) is 2.57. The van der Waals surface area contributed by atoms with Gasteiger partial charge in [0.05, 0.1) is 10.5 Å². The second kappa shape index (κ2) is 5.98. The van der Waals surface area contributed by atoms with Crippen LogP contribution in [0.25, 0.3) is 0 Å². The monoisotopic (exact) mass is 421 g/mol. The second-order valence-corrected chi connectivity index (χ2v) is 6.99. The van der Waals surface area contributed by atoms with Gasteiger partial charge in [0.1, 0.15) is 5.82 Å². The zero-order chi connectivity index (χ0) is 15.6. The fraction of sp³-hybridized carbons (Fsp3) is 0. The average molecular weight is 421 g/mol. The maximum atomic E-state index is 13.3. The Morgan fingerprint density at radius 1 is 1.14 bits per heavy atom. The van der Waals surface area contributed by atoms with E-state index in [0.717, 1.165) is 21.8 Å². The molecule has 110 valence electrons. The van der Waals surface area contributed by atoms with E-state index in [-0.39, 0.29) is 4.90 Å². The Hall–Kier alpha value is -1.68. The molecule has 2 aromatic rings. The van der Waals surface area contributed by atoms with Gasteiger partial charge < -0.3 is 5.11 Å². The molecule has 0 aliphatic rings. The van der Waals surface area contributed by atoms with Gasteiger partial charge in [0, 0.05) is 9.26 Å². The van der Waals surface area contributed by atoms with Gasteiger partial charge >= 0.3 is 5.97 Å². The summed E-state index contributed by atoms with van der Waals surface area (Å²) in [5.41, 5.74) is -0.364. The lowest BCUT2D eigenvalue weighted by Gasteiger charge is -2.09. The fourth-order valence-electron chi connectivity index (χ4n) is 1.57. The van der Waals surface area contributed by atoms with E-state index in [1.54, 1.807) is 24.3 Å². The molecule has 0 aliphatic heterocycles. The van der Waals surface area contributed by atoms with Crippen LogP contribution in [-0.4, -0.2) is 19.5 Å². The van der Waals surface area contributed by atoms with Crippen molar-refractivity contribution in [3.8, 4) is 0 Å². The molecule has 0 atom stereocenters. The van der Waals surface area contributed by atoms with E-state index in [0.29, 0.717) is 5.69 Å². The van der Waals surface area contributed by atoms with Crippen molar-refractivity contribution in [3.63, 3.8) is 0 Å². The summed E-state index contributed by atoms with van der Waals surface area (Å²) in [7, 11) is -3.98. The number of rotatable bonds is 4. The summed E-state index contributed by atoms with van der Waals surface area (Å²) in [4.78, 5) is 10.5. The number of carboxylic acid groups (broad SMARTS) is 1. The average Bonchev–Trinajstić information content (AvgIpc) is 2.41. The second-order valence-electron chi connectivity index (χ2n) is 4.06. The molecule has 0 amide bonds. The Bertz CT molecular complexity index is 790. The van der Waals surface area contributed by atoms with Gasteiger partial charge in [0.2, 0.25) is 0 Å². The van der Waals surface area contributed by atoms with E-state index in [2.05, 4.69) is 27.3 Å². The molecule has 0 aliphatic carbocycles. The highest BCUT2D eigenvalue weighted by atomic mass is 127. The Balaban J connectivity index is 2.38. The molecule has 0 fully saturated rings. The van der Waals surface area contributed by atoms with Crippen LogP contribution in [0.4, 0.5) is 10.1 Å². The highest BCUT2D eigenvalue weighted by molar-refractivity contribution is 14.1. The SMILES string of the molecule is O=C(O)c1cc(S(=O)(=O)Nc2ccc(I)cc2)ccc1F. The Kier molecular flexibility index (Phi) is 4.47. The summed E-state index contributed by atoms with van der Waals surface area (Å²) in [6, 6.07) is 9.18. The number of anilines is 1. The van der Waals surface area contributed by atoms with Crippen LogP contribution in [0.2, 0.25) is 0 Å². The smallest absolute Gasteiger partial charge is 0.338 e. The van der Waals surface area contributed by atoms with E-state index < -0.39 is 27.4 Å². The molecule has 21 heavy (non-hydrogen) atoms. The summed E-state index contributed by atoms with van der Waals surface area (Å²) in [6.07, 6.45) is 0. The van der Waals surface area contributed by atoms with Crippen LogP contribution in [0.15, 0.2) is 47.4 Å². The molecule has 0 unspecified atom stereocenters. The van der Waals surface area contributed by atoms with Crippen molar-refractivity contribution in [1.82, 2.24) is 0 Å². The molecule has 2 aromatic carbocycles. The summed E-state index contributed by atoms with van der Waals surface area (Å²) in [5.74, 6) is -2.52. The normalized spacial score (nSPS) is 11.1. The molecule has 0 bridgehead atoms. The third-order valence-corrected chi connectivity index (χ3v) is 4.67. The Morgan fingerprint density at radius 2 is 1.76 bits per heavy atom. The minimum atomic E-state index is -3.98. The molecule has 0 saturated heterocycles. The predicted octanol–water partition coefficient (Wildman–Crippen LogP) is 2.93. The lowest BCUT2D eigenvalue weighted by Crippen LogP contribution is -2.14. The first-order valence-electron chi connectivity index (χ1n) is 5.61. The number of carbonyl (C=O) groups is 1. The lowest BCUT2D eigenvalue weighted by atomic mass is 10.2. The summed E-state index contributed by atoms with van der Waals surface area (Å²) >= 11 is 2.08. The van der Waals surface area contributed by atoms with Gasteiger partial charge in [-0.2, -0.15) is 0 Å². The zero-order valence-corrected chi connectivity index (χ0v) is 13.4. The number of hydrogen-bond acceptors (Lipinski definition) is 3. The fourth-order valence-corrected chi connectivity index (χ4v) is 3.01. The molecule has 0 radical (unpaired) electrons. The number of sulfonamides is 1. The van der Waals surface area contributed by atoms with E-state index in [1.807, 2.05) is 0 Å². The largest absolute Gasteiger partial charge is 0.478 e. The van der Waals surface area contributed by atoms with Crippen molar-refractivity contribution in [3.05, 3.63) is 57.4 Å². The molecule has 0 heterocycles. The van der Waals surface area contributed by atoms with Crippen LogP contribution in [0.1, 0.15) is 10.4 Å². The standard InChI is InChI=1S/C13H9FINO4S/c14-12-6-5-10(7-11(12)13(17)18)21(19,20)16-9-3-1-8(15)2-4-9/h1-7,16H,(H,17,18). The van der Waals surface area contributed by atoms with E-state index in [4.69, 9.17) is 5.11 Å². The summed E-state index contributed by atoms with van der Waals surface area (Å²) < 4.78 is 40.8. The van der Waals surface area contributed by atoms with Gasteiger partial charge in [-0.25, -0.2) is 17.6 Å². The van der Waals surface area contributed by atoms with Crippen LogP contribution < -0.4 is 4.72 Å². The quantitative estimate of drug-likeness (QED) is 0.744. The zero-order valence-electron chi connectivity index (χ0n) is 10.4. The van der Waals surface area contributed by atoms with E-state index >= 15 is 0 Å². The minimum absolute atomic E-state index is 0.320. The van der Waals surface area contributed by atoms with E-state index in [1.165, 1.54) is 0 Å². The molecule has 8 heteroatoms. The highest BCUT2D eigenvalue weighted by Crippen LogP contribution is 2.19. The van der Waals surface area contributed by atoms with Gasteiger partial charge in [0.25, 0.3) is 10.0 Å². The highest BCUT2D eigenvalue weighted by Gasteiger charge is 2.19. The topological polar surface area (TPSA) is 83.5 Å². The van der Waals surface area contributed by atoms with Crippen LogP contribution in [-0.2, 0) is 10.0 Å². The van der Waals surface area contributed by atoms with Crippen molar-refractivity contribution < 1.29 is 22.7 Å². The first-order chi connectivity index (χ1) is 9.79. The van der Waals surface area contributed by atoms with Gasteiger partial charge in [-0.15, -0.1) is 0 Å². The maximum Gasteiger partial charge on any atom is 0.338 e. The van der Waals surface area contributed by atoms with Gasteiger partial charge in [0.15, 0.2) is 0 Å². The number of carboxylic acids is 1. The molecule has 0 spiro atoms. The molecule has 5 nitrogen and oxygen atoms in total. The van der Waals surface area contributed by atoms with Crippen LogP contribution in [0, 0.1) is 9.39 Å². The Labute approximate surface area is 134 Å². The third kappa shape index (κ3) is 3.70. The Morgan fingerprint density at radius 3 is 2.33 bits per heavy atom. The number of halogens is 2. The van der Waals surface area contributed by atoms with Crippen molar-refractivity contribution in [1.29, 1.82) is 0 Å². The lowest BCUT2D eigenvalue weighted by molar-refractivity contribution is 0.0691. The molecule has 0 aromatic heterocycles. The first-order valence-corrected chi connectivity index (χ1v) is 8.17. The van der Waals surface area contributed by atoms with Crippen LogP contribution in [0.5, 0.6) is 0 Å². The van der Waals surface area contributed by atoms with E-state index in [9.17, 15) is 17.6 Å². The van der Waals surface area contributed by atoms with Crippen LogP contribution >= 0.6 is 22.6 Å². The number of nitrogens with one attached hydrogen (secondary N) is 1. The predicted molar refractivity (Wildman–Crippen MR) is 83.3 cm³/mol.